The summed E-state index contributed by atoms with van der Waals surface area (Å²) in [6.07, 6.45) is 0.616. The molecule has 0 aliphatic carbocycles. The van der Waals surface area contributed by atoms with E-state index in [1.165, 1.54) is 23.1 Å². The minimum Gasteiger partial charge on any atom is -0.341 e. The first-order chi connectivity index (χ1) is 8.82. The van der Waals surface area contributed by atoms with E-state index in [0.717, 1.165) is 0 Å². The second kappa shape index (κ2) is 6.73. The zero-order valence-electron chi connectivity index (χ0n) is 10.6. The van der Waals surface area contributed by atoms with Gasteiger partial charge in [0, 0.05) is 30.1 Å². The summed E-state index contributed by atoms with van der Waals surface area (Å²) in [5, 5.41) is 11.1. The molecule has 5 nitrogen and oxygen atoms in total. The highest BCUT2D eigenvalue weighted by Gasteiger charge is 2.23. The van der Waals surface area contributed by atoms with Crippen LogP contribution in [0.1, 0.15) is 23.7 Å². The first-order valence-electron chi connectivity index (χ1n) is 5.66. The van der Waals surface area contributed by atoms with E-state index in [4.69, 9.17) is 23.2 Å². The minimum absolute atomic E-state index is 0.0270. The van der Waals surface area contributed by atoms with Gasteiger partial charge in [0.05, 0.1) is 4.92 Å². The Hall–Kier alpha value is -1.33. The van der Waals surface area contributed by atoms with E-state index >= 15 is 0 Å². The van der Waals surface area contributed by atoms with Crippen LogP contribution in [-0.2, 0) is 0 Å². The molecular formula is C12H14Cl2N2O3. The first kappa shape index (κ1) is 15.7. The molecule has 0 aliphatic heterocycles. The van der Waals surface area contributed by atoms with Gasteiger partial charge in [0.15, 0.2) is 0 Å². The van der Waals surface area contributed by atoms with Crippen molar-refractivity contribution in [1.29, 1.82) is 0 Å². The zero-order valence-corrected chi connectivity index (χ0v) is 12.1. The molecule has 1 atom stereocenters. The van der Waals surface area contributed by atoms with Crippen molar-refractivity contribution in [1.82, 2.24) is 4.90 Å². The quantitative estimate of drug-likeness (QED) is 0.476. The fourth-order valence-corrected chi connectivity index (χ4v) is 1.78. The van der Waals surface area contributed by atoms with Gasteiger partial charge in [-0.1, -0.05) is 11.6 Å². The van der Waals surface area contributed by atoms with Crippen LogP contribution in [0.25, 0.3) is 0 Å². The maximum atomic E-state index is 12.1. The second-order valence-electron chi connectivity index (χ2n) is 4.21. The number of rotatable bonds is 5. The maximum absolute atomic E-state index is 12.1. The number of hydrogen-bond donors (Lipinski definition) is 0. The average Bonchev–Trinajstić information content (AvgIpc) is 2.34. The number of carbonyl (C=O) groups is 1. The maximum Gasteiger partial charge on any atom is 0.283 e. The Labute approximate surface area is 121 Å². The molecule has 0 aliphatic rings. The van der Waals surface area contributed by atoms with Gasteiger partial charge < -0.3 is 4.90 Å². The monoisotopic (exact) mass is 304 g/mol. The molecule has 0 saturated heterocycles. The molecule has 0 fully saturated rings. The lowest BCUT2D eigenvalue weighted by Crippen LogP contribution is -2.29. The third-order valence-electron chi connectivity index (χ3n) is 2.60. The molecule has 1 aromatic rings. The van der Waals surface area contributed by atoms with Crippen molar-refractivity contribution in [2.75, 3.05) is 13.6 Å². The summed E-state index contributed by atoms with van der Waals surface area (Å²) < 4.78 is 0. The summed E-state index contributed by atoms with van der Waals surface area (Å²) in [6.45, 7) is 2.26. The summed E-state index contributed by atoms with van der Waals surface area (Å²) in [7, 11) is 1.58. The number of nitro groups is 1. The molecule has 0 radical (unpaired) electrons. The Morgan fingerprint density at radius 1 is 1.53 bits per heavy atom. The number of hydrogen-bond acceptors (Lipinski definition) is 3. The summed E-state index contributed by atoms with van der Waals surface area (Å²) in [5.74, 6) is -0.416. The summed E-state index contributed by atoms with van der Waals surface area (Å²) in [6, 6.07) is 4.00. The minimum atomic E-state index is -0.614. The van der Waals surface area contributed by atoms with Gasteiger partial charge in [0.2, 0.25) is 0 Å². The van der Waals surface area contributed by atoms with Crippen molar-refractivity contribution < 1.29 is 9.72 Å². The van der Waals surface area contributed by atoms with Crippen LogP contribution in [0.15, 0.2) is 18.2 Å². The lowest BCUT2D eigenvalue weighted by Gasteiger charge is -2.17. The highest BCUT2D eigenvalue weighted by atomic mass is 35.5. The molecule has 7 heteroatoms. The molecule has 0 bridgehead atoms. The first-order valence-corrected chi connectivity index (χ1v) is 6.48. The van der Waals surface area contributed by atoms with E-state index in [9.17, 15) is 14.9 Å². The summed E-state index contributed by atoms with van der Waals surface area (Å²) in [5.41, 5.74) is -0.262. The highest BCUT2D eigenvalue weighted by molar-refractivity contribution is 6.31. The summed E-state index contributed by atoms with van der Waals surface area (Å²) in [4.78, 5) is 23.8. The smallest absolute Gasteiger partial charge is 0.283 e. The molecule has 1 aromatic carbocycles. The molecule has 0 N–H and O–H groups in total. The van der Waals surface area contributed by atoms with Gasteiger partial charge in [-0.15, -0.1) is 11.6 Å². The third kappa shape index (κ3) is 4.36. The van der Waals surface area contributed by atoms with Crippen LogP contribution in [0.2, 0.25) is 5.02 Å². The van der Waals surface area contributed by atoms with E-state index in [2.05, 4.69) is 0 Å². The Morgan fingerprint density at radius 2 is 2.16 bits per heavy atom. The predicted molar refractivity (Wildman–Crippen MR) is 75.0 cm³/mol. The van der Waals surface area contributed by atoms with Gasteiger partial charge in [0.25, 0.3) is 11.6 Å². The molecule has 1 amide bonds. The Balaban J connectivity index is 2.96. The van der Waals surface area contributed by atoms with Crippen molar-refractivity contribution in [3.63, 3.8) is 0 Å². The van der Waals surface area contributed by atoms with Gasteiger partial charge >= 0.3 is 0 Å². The van der Waals surface area contributed by atoms with Crippen LogP contribution in [0, 0.1) is 10.1 Å². The van der Waals surface area contributed by atoms with Crippen molar-refractivity contribution >= 4 is 34.8 Å². The molecular weight excluding hydrogens is 291 g/mol. The second-order valence-corrected chi connectivity index (χ2v) is 5.40. The van der Waals surface area contributed by atoms with Gasteiger partial charge in [-0.25, -0.2) is 0 Å². The van der Waals surface area contributed by atoms with Crippen molar-refractivity contribution in [2.45, 2.75) is 18.7 Å². The van der Waals surface area contributed by atoms with Crippen molar-refractivity contribution in [3.05, 3.63) is 38.9 Å². The van der Waals surface area contributed by atoms with E-state index in [1.54, 1.807) is 7.05 Å². The lowest BCUT2D eigenvalue weighted by molar-refractivity contribution is -0.385. The number of halogens is 2. The molecule has 1 rings (SSSR count). The fraction of sp³-hybridized carbons (Fsp3) is 0.417. The highest BCUT2D eigenvalue weighted by Crippen LogP contribution is 2.24. The van der Waals surface area contributed by atoms with Gasteiger partial charge in [-0.3, -0.25) is 14.9 Å². The van der Waals surface area contributed by atoms with Crippen molar-refractivity contribution in [3.8, 4) is 0 Å². The van der Waals surface area contributed by atoms with Gasteiger partial charge in [0.1, 0.15) is 5.56 Å². The molecule has 19 heavy (non-hydrogen) atoms. The van der Waals surface area contributed by atoms with Crippen LogP contribution in [0.3, 0.4) is 0 Å². The molecule has 1 unspecified atom stereocenters. The van der Waals surface area contributed by atoms with E-state index in [1.807, 2.05) is 6.92 Å². The third-order valence-corrected chi connectivity index (χ3v) is 3.05. The Bertz CT molecular complexity index is 492. The number of nitrogens with zero attached hydrogens (tertiary/aromatic N) is 2. The molecule has 0 saturated carbocycles. The number of nitro benzene ring substituents is 1. The predicted octanol–water partition coefficient (Wildman–Crippen LogP) is 3.34. The SMILES string of the molecule is CC(Cl)CCN(C)C(=O)c1ccc(Cl)cc1[N+](=O)[O-]. The number of benzene rings is 1. The van der Waals surface area contributed by atoms with Crippen LogP contribution in [0.5, 0.6) is 0 Å². The average molecular weight is 305 g/mol. The lowest BCUT2D eigenvalue weighted by atomic mass is 10.1. The van der Waals surface area contributed by atoms with Crippen LogP contribution < -0.4 is 0 Å². The number of alkyl halides is 1. The largest absolute Gasteiger partial charge is 0.341 e. The molecule has 0 heterocycles. The Kier molecular flexibility index (Phi) is 5.57. The van der Waals surface area contributed by atoms with Crippen molar-refractivity contribution in [2.24, 2.45) is 0 Å². The number of carbonyl (C=O) groups excluding carboxylic acids is 1. The zero-order chi connectivity index (χ0) is 14.6. The van der Waals surface area contributed by atoms with Gasteiger partial charge in [-0.2, -0.15) is 0 Å². The standard InChI is InChI=1S/C12H14Cl2N2O3/c1-8(13)5-6-15(2)12(17)10-4-3-9(14)7-11(10)16(18)19/h3-4,7-8H,5-6H2,1-2H3. The number of amides is 1. The van der Waals surface area contributed by atoms with E-state index in [-0.39, 0.29) is 21.7 Å². The normalized spacial score (nSPS) is 12.0. The molecule has 0 spiro atoms. The van der Waals surface area contributed by atoms with Crippen LogP contribution in [0.4, 0.5) is 5.69 Å². The molecule has 0 aromatic heterocycles. The Morgan fingerprint density at radius 3 is 2.68 bits per heavy atom. The molecule has 104 valence electrons. The van der Waals surface area contributed by atoms with Crippen LogP contribution >= 0.6 is 23.2 Å². The van der Waals surface area contributed by atoms with Crippen LogP contribution in [-0.4, -0.2) is 34.7 Å². The summed E-state index contributed by atoms with van der Waals surface area (Å²) >= 11 is 11.5. The topological polar surface area (TPSA) is 63.5 Å². The van der Waals surface area contributed by atoms with Gasteiger partial charge in [-0.05, 0) is 25.5 Å². The fourth-order valence-electron chi connectivity index (χ4n) is 1.52. The van der Waals surface area contributed by atoms with E-state index < -0.39 is 10.8 Å². The van der Waals surface area contributed by atoms with E-state index in [0.29, 0.717) is 13.0 Å².